The van der Waals surface area contributed by atoms with Crippen LogP contribution in [-0.2, 0) is 6.61 Å². The standard InChI is InChI=1S/C24H26F2O3/c1-3-15-5-7-16(8-6-15)13-28-21-12-10-18-17-9-11-20(27-4-2)22(25)19(17)14-29-24(18)23(21)26/h3,9-12,15-16H,1,4-8,13-14H2,2H3/t15-,16-. The molecule has 0 bridgehead atoms. The fourth-order valence-electron chi connectivity index (χ4n) is 4.21. The summed E-state index contributed by atoms with van der Waals surface area (Å²) in [5, 5.41) is 0. The molecule has 0 saturated heterocycles. The van der Waals surface area contributed by atoms with Gasteiger partial charge < -0.3 is 14.2 Å². The molecule has 3 nitrogen and oxygen atoms in total. The lowest BCUT2D eigenvalue weighted by molar-refractivity contribution is 0.186. The quantitative estimate of drug-likeness (QED) is 0.533. The molecule has 1 aliphatic carbocycles. The summed E-state index contributed by atoms with van der Waals surface area (Å²) in [6.45, 7) is 6.48. The highest BCUT2D eigenvalue weighted by atomic mass is 19.1. The lowest BCUT2D eigenvalue weighted by Crippen LogP contribution is -2.19. The molecular weight excluding hydrogens is 374 g/mol. The Labute approximate surface area is 170 Å². The van der Waals surface area contributed by atoms with E-state index in [1.165, 1.54) is 0 Å². The first-order valence-electron chi connectivity index (χ1n) is 10.3. The summed E-state index contributed by atoms with van der Waals surface area (Å²) in [5.41, 5.74) is 1.54. The van der Waals surface area contributed by atoms with E-state index in [2.05, 4.69) is 6.58 Å². The number of benzene rings is 2. The minimum absolute atomic E-state index is 0.0407. The SMILES string of the molecule is C=C[C@H]1CC[C@H](COc2ccc3c(c2F)OCc2c-3ccc(OCC)c2F)CC1. The highest BCUT2D eigenvalue weighted by Crippen LogP contribution is 2.44. The van der Waals surface area contributed by atoms with Crippen molar-refractivity contribution >= 4 is 0 Å². The van der Waals surface area contributed by atoms with Crippen molar-refractivity contribution in [3.8, 4) is 28.4 Å². The average molecular weight is 400 g/mol. The summed E-state index contributed by atoms with van der Waals surface area (Å²) in [6.07, 6.45) is 6.37. The predicted molar refractivity (Wildman–Crippen MR) is 108 cm³/mol. The summed E-state index contributed by atoms with van der Waals surface area (Å²) in [6, 6.07) is 6.67. The van der Waals surface area contributed by atoms with E-state index in [9.17, 15) is 4.39 Å². The second-order valence-electron chi connectivity index (χ2n) is 7.71. The van der Waals surface area contributed by atoms with Gasteiger partial charge in [-0.15, -0.1) is 6.58 Å². The van der Waals surface area contributed by atoms with Crippen molar-refractivity contribution in [2.45, 2.75) is 39.2 Å². The first-order valence-corrected chi connectivity index (χ1v) is 10.3. The lowest BCUT2D eigenvalue weighted by Gasteiger charge is -2.27. The van der Waals surface area contributed by atoms with Gasteiger partial charge in [0, 0.05) is 11.1 Å². The Kier molecular flexibility index (Phi) is 5.74. The first kappa shape index (κ1) is 19.7. The zero-order chi connectivity index (χ0) is 20.4. The van der Waals surface area contributed by atoms with Crippen molar-refractivity contribution in [1.29, 1.82) is 0 Å². The Balaban J connectivity index is 1.52. The number of hydrogen-bond donors (Lipinski definition) is 0. The number of halogens is 2. The molecule has 0 radical (unpaired) electrons. The molecule has 0 amide bonds. The Bertz CT molecular complexity index is 901. The summed E-state index contributed by atoms with van der Waals surface area (Å²) in [5.74, 6) is 0.523. The van der Waals surface area contributed by atoms with Crippen LogP contribution in [0.4, 0.5) is 8.78 Å². The summed E-state index contributed by atoms with van der Waals surface area (Å²) >= 11 is 0. The van der Waals surface area contributed by atoms with Crippen LogP contribution in [0, 0.1) is 23.5 Å². The zero-order valence-electron chi connectivity index (χ0n) is 16.7. The molecule has 0 unspecified atom stereocenters. The van der Waals surface area contributed by atoms with Crippen LogP contribution in [0.25, 0.3) is 11.1 Å². The zero-order valence-corrected chi connectivity index (χ0v) is 16.7. The monoisotopic (exact) mass is 400 g/mol. The highest BCUT2D eigenvalue weighted by Gasteiger charge is 2.27. The van der Waals surface area contributed by atoms with Crippen LogP contribution in [0.3, 0.4) is 0 Å². The third kappa shape index (κ3) is 3.83. The third-order valence-electron chi connectivity index (χ3n) is 5.92. The van der Waals surface area contributed by atoms with Gasteiger partial charge in [-0.2, -0.15) is 4.39 Å². The van der Waals surface area contributed by atoms with Crippen molar-refractivity contribution in [1.82, 2.24) is 0 Å². The van der Waals surface area contributed by atoms with Gasteiger partial charge >= 0.3 is 0 Å². The minimum atomic E-state index is -0.526. The van der Waals surface area contributed by atoms with Gasteiger partial charge in [-0.05, 0) is 74.3 Å². The largest absolute Gasteiger partial charge is 0.491 e. The van der Waals surface area contributed by atoms with E-state index in [0.29, 0.717) is 41.7 Å². The summed E-state index contributed by atoms with van der Waals surface area (Å²) in [4.78, 5) is 0. The number of ether oxygens (including phenoxy) is 3. The van der Waals surface area contributed by atoms with Gasteiger partial charge in [0.1, 0.15) is 6.61 Å². The first-order chi connectivity index (χ1) is 14.1. The molecule has 0 spiro atoms. The Morgan fingerprint density at radius 3 is 2.38 bits per heavy atom. The van der Waals surface area contributed by atoms with Crippen molar-refractivity contribution in [2.75, 3.05) is 13.2 Å². The van der Waals surface area contributed by atoms with Gasteiger partial charge in [0.15, 0.2) is 23.1 Å². The maximum absolute atomic E-state index is 15.0. The fourth-order valence-corrected chi connectivity index (χ4v) is 4.21. The van der Waals surface area contributed by atoms with Crippen LogP contribution in [-0.4, -0.2) is 13.2 Å². The molecule has 0 atom stereocenters. The van der Waals surface area contributed by atoms with Gasteiger partial charge in [-0.3, -0.25) is 0 Å². The molecule has 5 heteroatoms. The van der Waals surface area contributed by atoms with E-state index >= 15 is 4.39 Å². The fraction of sp³-hybridized carbons (Fsp3) is 0.417. The number of allylic oxidation sites excluding steroid dienone is 1. The Morgan fingerprint density at radius 2 is 1.69 bits per heavy atom. The number of rotatable bonds is 6. The van der Waals surface area contributed by atoms with Crippen LogP contribution < -0.4 is 14.2 Å². The van der Waals surface area contributed by atoms with Crippen LogP contribution in [0.5, 0.6) is 17.2 Å². The molecule has 1 aliphatic heterocycles. The van der Waals surface area contributed by atoms with E-state index in [0.717, 1.165) is 25.7 Å². The van der Waals surface area contributed by atoms with E-state index in [1.54, 1.807) is 31.2 Å². The van der Waals surface area contributed by atoms with E-state index < -0.39 is 11.6 Å². The molecule has 2 aromatic rings. The van der Waals surface area contributed by atoms with Gasteiger partial charge in [-0.1, -0.05) is 6.08 Å². The highest BCUT2D eigenvalue weighted by molar-refractivity contribution is 5.77. The number of fused-ring (bicyclic) bond motifs is 3. The molecule has 0 aromatic heterocycles. The molecule has 2 aliphatic rings. The third-order valence-corrected chi connectivity index (χ3v) is 5.92. The molecular formula is C24H26F2O3. The lowest BCUT2D eigenvalue weighted by atomic mass is 9.82. The second kappa shape index (κ2) is 8.44. The molecule has 1 fully saturated rings. The summed E-state index contributed by atoms with van der Waals surface area (Å²) < 4.78 is 46.4. The van der Waals surface area contributed by atoms with Crippen molar-refractivity contribution in [3.05, 3.63) is 54.1 Å². The average Bonchev–Trinajstić information content (AvgIpc) is 2.75. The number of hydrogen-bond acceptors (Lipinski definition) is 3. The van der Waals surface area contributed by atoms with Crippen LogP contribution in [0.1, 0.15) is 38.2 Å². The van der Waals surface area contributed by atoms with Gasteiger partial charge in [0.05, 0.1) is 13.2 Å². The van der Waals surface area contributed by atoms with Gasteiger partial charge in [-0.25, -0.2) is 4.39 Å². The minimum Gasteiger partial charge on any atom is -0.491 e. The van der Waals surface area contributed by atoms with E-state index in [4.69, 9.17) is 14.2 Å². The molecule has 2 aromatic carbocycles. The maximum atomic E-state index is 15.0. The smallest absolute Gasteiger partial charge is 0.207 e. The van der Waals surface area contributed by atoms with Crippen molar-refractivity contribution in [3.63, 3.8) is 0 Å². The van der Waals surface area contributed by atoms with Crippen LogP contribution in [0.15, 0.2) is 36.9 Å². The van der Waals surface area contributed by atoms with Crippen LogP contribution >= 0.6 is 0 Å². The molecule has 0 N–H and O–H groups in total. The summed E-state index contributed by atoms with van der Waals surface area (Å²) in [7, 11) is 0. The molecule has 4 rings (SSSR count). The molecule has 29 heavy (non-hydrogen) atoms. The molecule has 1 saturated carbocycles. The second-order valence-corrected chi connectivity index (χ2v) is 7.71. The van der Waals surface area contributed by atoms with Crippen molar-refractivity contribution < 1.29 is 23.0 Å². The van der Waals surface area contributed by atoms with E-state index in [1.807, 2.05) is 6.08 Å². The Hall–Kier alpha value is -2.56. The maximum Gasteiger partial charge on any atom is 0.207 e. The Morgan fingerprint density at radius 1 is 1.00 bits per heavy atom. The topological polar surface area (TPSA) is 27.7 Å². The van der Waals surface area contributed by atoms with Crippen molar-refractivity contribution in [2.24, 2.45) is 11.8 Å². The van der Waals surface area contributed by atoms with Crippen LogP contribution in [0.2, 0.25) is 0 Å². The van der Waals surface area contributed by atoms with Gasteiger partial charge in [0.2, 0.25) is 5.82 Å². The normalized spacial score (nSPS) is 20.2. The van der Waals surface area contributed by atoms with E-state index in [-0.39, 0.29) is 23.9 Å². The predicted octanol–water partition coefficient (Wildman–Crippen LogP) is 6.29. The molecule has 1 heterocycles. The van der Waals surface area contributed by atoms with Gasteiger partial charge in [0.25, 0.3) is 0 Å². The molecule has 154 valence electrons.